The van der Waals surface area contributed by atoms with E-state index >= 15 is 0 Å². The number of aliphatic carboxylic acids is 1. The molecule has 0 amide bonds. The van der Waals surface area contributed by atoms with Gasteiger partial charge in [0.15, 0.2) is 0 Å². The highest BCUT2D eigenvalue weighted by Crippen LogP contribution is 2.32. The number of rotatable bonds is 3. The Morgan fingerprint density at radius 2 is 2.07 bits per heavy atom. The van der Waals surface area contributed by atoms with Crippen LogP contribution in [-0.4, -0.2) is 15.9 Å². The van der Waals surface area contributed by atoms with Crippen LogP contribution >= 0.6 is 43.5 Å². The van der Waals surface area contributed by atoms with Crippen LogP contribution in [-0.2, 0) is 4.79 Å². The Bertz CT molecular complexity index is 343. The van der Waals surface area contributed by atoms with Gasteiger partial charge in [-0.05, 0) is 17.7 Å². The Hall–Kier alpha value is -0.0600. The number of hydrogen-bond acceptors (Lipinski definition) is 1. The van der Waals surface area contributed by atoms with Gasteiger partial charge >= 0.3 is 5.97 Å². The van der Waals surface area contributed by atoms with Gasteiger partial charge in [-0.3, -0.25) is 4.79 Å². The highest BCUT2D eigenvalue weighted by atomic mass is 79.9. The molecule has 2 unspecified atom stereocenters. The molecule has 0 heterocycles. The van der Waals surface area contributed by atoms with Crippen LogP contribution in [0.25, 0.3) is 0 Å². The molecule has 1 aromatic rings. The van der Waals surface area contributed by atoms with Gasteiger partial charge in [0.05, 0.1) is 4.83 Å². The lowest BCUT2D eigenvalue weighted by molar-refractivity contribution is -0.136. The van der Waals surface area contributed by atoms with E-state index in [0.717, 1.165) is 5.56 Å². The summed E-state index contributed by atoms with van der Waals surface area (Å²) in [6.45, 7) is 0. The van der Waals surface area contributed by atoms with Crippen molar-refractivity contribution in [3.05, 3.63) is 34.9 Å². The Morgan fingerprint density at radius 1 is 1.43 bits per heavy atom. The van der Waals surface area contributed by atoms with E-state index in [0.29, 0.717) is 5.02 Å². The van der Waals surface area contributed by atoms with Crippen molar-refractivity contribution in [1.29, 1.82) is 0 Å². The summed E-state index contributed by atoms with van der Waals surface area (Å²) in [6, 6.07) is 7.09. The minimum absolute atomic E-state index is 0.293. The van der Waals surface area contributed by atoms with Gasteiger partial charge in [-0.15, -0.1) is 0 Å². The number of carboxylic acid groups (broad SMARTS) is 1. The first-order valence-corrected chi connectivity index (χ1v) is 5.99. The van der Waals surface area contributed by atoms with Crippen molar-refractivity contribution in [3.8, 4) is 0 Å². The Balaban J connectivity index is 2.89. The molecule has 5 heteroatoms. The molecule has 0 aliphatic carbocycles. The SMILES string of the molecule is O=C(O)C(Br)C(Br)c1cccc(Cl)c1. The van der Waals surface area contributed by atoms with Crippen molar-refractivity contribution in [3.63, 3.8) is 0 Å². The molecular weight excluding hydrogens is 335 g/mol. The lowest BCUT2D eigenvalue weighted by atomic mass is 10.1. The third-order valence-electron chi connectivity index (χ3n) is 1.66. The molecule has 2 nitrogen and oxygen atoms in total. The Morgan fingerprint density at radius 3 is 2.57 bits per heavy atom. The van der Waals surface area contributed by atoms with Crippen LogP contribution in [0.5, 0.6) is 0 Å². The smallest absolute Gasteiger partial charge is 0.318 e. The Labute approximate surface area is 104 Å². The van der Waals surface area contributed by atoms with E-state index in [4.69, 9.17) is 16.7 Å². The van der Waals surface area contributed by atoms with E-state index in [2.05, 4.69) is 31.9 Å². The maximum Gasteiger partial charge on any atom is 0.318 e. The molecule has 0 aromatic heterocycles. The second-order valence-electron chi connectivity index (χ2n) is 2.70. The normalized spacial score (nSPS) is 14.8. The maximum absolute atomic E-state index is 10.7. The molecule has 0 aliphatic rings. The van der Waals surface area contributed by atoms with Crippen molar-refractivity contribution < 1.29 is 9.90 Å². The minimum atomic E-state index is -0.910. The standard InChI is InChI=1S/C9H7Br2ClO2/c10-7(8(11)9(13)14)5-2-1-3-6(12)4-5/h1-4,7-8H,(H,13,14). The van der Waals surface area contributed by atoms with Gasteiger partial charge in [0, 0.05) is 5.02 Å². The summed E-state index contributed by atoms with van der Waals surface area (Å²) in [5.41, 5.74) is 0.835. The van der Waals surface area contributed by atoms with Crippen molar-refractivity contribution in [2.24, 2.45) is 0 Å². The van der Waals surface area contributed by atoms with Crippen LogP contribution in [0.4, 0.5) is 0 Å². The van der Waals surface area contributed by atoms with Crippen LogP contribution in [0, 0.1) is 0 Å². The molecule has 14 heavy (non-hydrogen) atoms. The average molecular weight is 342 g/mol. The van der Waals surface area contributed by atoms with E-state index in [1.807, 2.05) is 6.07 Å². The molecular formula is C9H7Br2ClO2. The predicted molar refractivity (Wildman–Crippen MR) is 63.5 cm³/mol. The number of alkyl halides is 2. The van der Waals surface area contributed by atoms with Crippen molar-refractivity contribution in [2.45, 2.75) is 9.65 Å². The molecule has 1 aromatic carbocycles. The highest BCUT2D eigenvalue weighted by Gasteiger charge is 2.24. The van der Waals surface area contributed by atoms with Gasteiger partial charge in [-0.25, -0.2) is 0 Å². The lowest BCUT2D eigenvalue weighted by Crippen LogP contribution is -2.17. The highest BCUT2D eigenvalue weighted by molar-refractivity contribution is 9.12. The van der Waals surface area contributed by atoms with Crippen LogP contribution in [0.1, 0.15) is 10.4 Å². The predicted octanol–water partition coefficient (Wildman–Crippen LogP) is 3.62. The van der Waals surface area contributed by atoms with Crippen LogP contribution in [0.15, 0.2) is 24.3 Å². The van der Waals surface area contributed by atoms with Crippen molar-refractivity contribution in [1.82, 2.24) is 0 Å². The summed E-state index contributed by atoms with van der Waals surface area (Å²) in [7, 11) is 0. The second kappa shape index (κ2) is 5.14. The van der Waals surface area contributed by atoms with Gasteiger partial charge in [-0.1, -0.05) is 55.6 Å². The summed E-state index contributed by atoms with van der Waals surface area (Å²) in [5.74, 6) is -0.910. The van der Waals surface area contributed by atoms with E-state index in [9.17, 15) is 4.79 Å². The number of hydrogen-bond donors (Lipinski definition) is 1. The minimum Gasteiger partial charge on any atom is -0.480 e. The average Bonchev–Trinajstić information content (AvgIpc) is 2.15. The molecule has 76 valence electrons. The summed E-state index contributed by atoms with van der Waals surface area (Å²) >= 11 is 12.2. The van der Waals surface area contributed by atoms with Crippen LogP contribution < -0.4 is 0 Å². The lowest BCUT2D eigenvalue weighted by Gasteiger charge is -2.13. The van der Waals surface area contributed by atoms with E-state index in [-0.39, 0.29) is 4.83 Å². The fraction of sp³-hybridized carbons (Fsp3) is 0.222. The molecule has 1 rings (SSSR count). The molecule has 2 atom stereocenters. The largest absolute Gasteiger partial charge is 0.480 e. The topological polar surface area (TPSA) is 37.3 Å². The first-order chi connectivity index (χ1) is 6.52. The molecule has 0 radical (unpaired) electrons. The van der Waals surface area contributed by atoms with Crippen LogP contribution in [0.2, 0.25) is 5.02 Å². The summed E-state index contributed by atoms with van der Waals surface area (Å²) in [5, 5.41) is 9.37. The number of carboxylic acids is 1. The zero-order valence-electron chi connectivity index (χ0n) is 6.95. The monoisotopic (exact) mass is 340 g/mol. The second-order valence-corrected chi connectivity index (χ2v) is 5.11. The summed E-state index contributed by atoms with van der Waals surface area (Å²) in [4.78, 5) is 9.73. The van der Waals surface area contributed by atoms with E-state index < -0.39 is 10.8 Å². The Kier molecular flexibility index (Phi) is 4.41. The number of benzene rings is 1. The summed E-state index contributed by atoms with van der Waals surface area (Å²) < 4.78 is 0. The molecule has 0 spiro atoms. The third kappa shape index (κ3) is 2.97. The quantitative estimate of drug-likeness (QED) is 0.852. The number of halogens is 3. The first-order valence-electron chi connectivity index (χ1n) is 3.79. The molecule has 0 bridgehead atoms. The van der Waals surface area contributed by atoms with Crippen LogP contribution in [0.3, 0.4) is 0 Å². The molecule has 1 N–H and O–H groups in total. The third-order valence-corrected chi connectivity index (χ3v) is 4.58. The molecule has 0 saturated heterocycles. The fourth-order valence-corrected chi connectivity index (χ4v) is 1.99. The maximum atomic E-state index is 10.7. The molecule has 0 saturated carbocycles. The zero-order chi connectivity index (χ0) is 10.7. The molecule has 0 fully saturated rings. The van der Waals surface area contributed by atoms with Gasteiger partial charge in [0.1, 0.15) is 4.83 Å². The fourth-order valence-electron chi connectivity index (χ4n) is 0.972. The van der Waals surface area contributed by atoms with Crippen molar-refractivity contribution >= 4 is 49.4 Å². The zero-order valence-corrected chi connectivity index (χ0v) is 10.9. The van der Waals surface area contributed by atoms with Gasteiger partial charge < -0.3 is 5.11 Å². The van der Waals surface area contributed by atoms with Gasteiger partial charge in [-0.2, -0.15) is 0 Å². The first kappa shape index (κ1) is 12.0. The van der Waals surface area contributed by atoms with E-state index in [1.54, 1.807) is 18.2 Å². The van der Waals surface area contributed by atoms with Crippen molar-refractivity contribution in [2.75, 3.05) is 0 Å². The van der Waals surface area contributed by atoms with Gasteiger partial charge in [0.25, 0.3) is 0 Å². The van der Waals surface area contributed by atoms with Gasteiger partial charge in [0.2, 0.25) is 0 Å². The molecule has 0 aliphatic heterocycles. The summed E-state index contributed by atoms with van der Waals surface area (Å²) in [6.07, 6.45) is 0. The number of carbonyl (C=O) groups is 1. The van der Waals surface area contributed by atoms with E-state index in [1.165, 1.54) is 0 Å².